The van der Waals surface area contributed by atoms with Crippen LogP contribution < -0.4 is 5.32 Å². The lowest BCUT2D eigenvalue weighted by Gasteiger charge is -2.22. The number of aromatic nitrogens is 1. The van der Waals surface area contributed by atoms with Crippen LogP contribution in [0.3, 0.4) is 0 Å². The van der Waals surface area contributed by atoms with Gasteiger partial charge in [0.05, 0.1) is 25.5 Å². The Hall–Kier alpha value is -0.880. The van der Waals surface area contributed by atoms with E-state index in [0.29, 0.717) is 18.9 Å². The van der Waals surface area contributed by atoms with Gasteiger partial charge in [0.25, 0.3) is 5.91 Å². The first-order chi connectivity index (χ1) is 8.58. The van der Waals surface area contributed by atoms with Crippen molar-refractivity contribution in [3.05, 3.63) is 21.9 Å². The number of hydrogen-bond acceptors (Lipinski definition) is 4. The molecule has 1 aromatic rings. The highest BCUT2D eigenvalue weighted by molar-refractivity contribution is 6.34. The fourth-order valence-electron chi connectivity index (χ4n) is 1.59. The molecule has 1 aliphatic heterocycles. The van der Waals surface area contributed by atoms with Gasteiger partial charge >= 0.3 is 0 Å². The summed E-state index contributed by atoms with van der Waals surface area (Å²) in [6.07, 6.45) is -0.620. The van der Waals surface area contributed by atoms with E-state index in [1.807, 2.05) is 0 Å². The molecule has 18 heavy (non-hydrogen) atoms. The molecule has 98 valence electrons. The van der Waals surface area contributed by atoms with E-state index in [-0.39, 0.29) is 22.8 Å². The van der Waals surface area contributed by atoms with Crippen LogP contribution in [-0.2, 0) is 14.3 Å². The number of carbonyl (C=O) groups excluding carboxylic acids is 1. The number of nitrogens with one attached hydrogen (secondary N) is 1. The molecule has 0 aromatic carbocycles. The SMILES string of the molecule is Cc1cc(Cl)nc(Cl)c1NC(=O)C1COCCO1. The topological polar surface area (TPSA) is 60.5 Å². The molecule has 1 aliphatic rings. The van der Waals surface area contributed by atoms with Crippen LogP contribution in [0.2, 0.25) is 10.3 Å². The number of aryl methyl sites for hydroxylation is 1. The molecule has 2 heterocycles. The van der Waals surface area contributed by atoms with Crippen molar-refractivity contribution in [2.24, 2.45) is 0 Å². The second kappa shape index (κ2) is 5.84. The highest BCUT2D eigenvalue weighted by Gasteiger charge is 2.24. The van der Waals surface area contributed by atoms with Gasteiger partial charge in [-0.3, -0.25) is 4.79 Å². The molecule has 1 fully saturated rings. The van der Waals surface area contributed by atoms with Crippen molar-refractivity contribution in [1.29, 1.82) is 0 Å². The zero-order chi connectivity index (χ0) is 13.1. The summed E-state index contributed by atoms with van der Waals surface area (Å²) in [6, 6.07) is 1.63. The van der Waals surface area contributed by atoms with Gasteiger partial charge in [-0.15, -0.1) is 0 Å². The summed E-state index contributed by atoms with van der Waals surface area (Å²) in [4.78, 5) is 15.8. The summed E-state index contributed by atoms with van der Waals surface area (Å²) in [5.41, 5.74) is 1.19. The molecule has 2 rings (SSSR count). The average Bonchev–Trinajstić information content (AvgIpc) is 2.34. The van der Waals surface area contributed by atoms with Crippen LogP contribution in [0.4, 0.5) is 5.69 Å². The third kappa shape index (κ3) is 3.11. The first-order valence-electron chi connectivity index (χ1n) is 5.41. The van der Waals surface area contributed by atoms with E-state index < -0.39 is 6.10 Å². The number of pyridine rings is 1. The van der Waals surface area contributed by atoms with Gasteiger partial charge in [0.1, 0.15) is 5.15 Å². The highest BCUT2D eigenvalue weighted by atomic mass is 35.5. The minimum atomic E-state index is -0.620. The molecule has 5 nitrogen and oxygen atoms in total. The normalized spacial score (nSPS) is 19.6. The second-order valence-corrected chi connectivity index (χ2v) is 4.60. The molecule has 1 saturated heterocycles. The van der Waals surface area contributed by atoms with E-state index in [4.69, 9.17) is 32.7 Å². The Morgan fingerprint density at radius 1 is 1.50 bits per heavy atom. The average molecular weight is 291 g/mol. The monoisotopic (exact) mass is 290 g/mol. The molecule has 1 unspecified atom stereocenters. The van der Waals surface area contributed by atoms with E-state index in [1.54, 1.807) is 13.0 Å². The zero-order valence-corrected chi connectivity index (χ0v) is 11.2. The first kappa shape index (κ1) is 13.5. The minimum Gasteiger partial charge on any atom is -0.376 e. The van der Waals surface area contributed by atoms with Crippen molar-refractivity contribution in [2.45, 2.75) is 13.0 Å². The van der Waals surface area contributed by atoms with Crippen molar-refractivity contribution < 1.29 is 14.3 Å². The summed E-state index contributed by atoms with van der Waals surface area (Å²) < 4.78 is 10.5. The summed E-state index contributed by atoms with van der Waals surface area (Å²) in [5.74, 6) is -0.302. The third-order valence-electron chi connectivity index (χ3n) is 2.50. The lowest BCUT2D eigenvalue weighted by molar-refractivity contribution is -0.142. The summed E-state index contributed by atoms with van der Waals surface area (Å²) in [6.45, 7) is 2.94. The van der Waals surface area contributed by atoms with Crippen molar-refractivity contribution in [1.82, 2.24) is 4.98 Å². The molecule has 1 atom stereocenters. The Morgan fingerprint density at radius 3 is 2.89 bits per heavy atom. The van der Waals surface area contributed by atoms with Crippen LogP contribution in [0.15, 0.2) is 6.07 Å². The van der Waals surface area contributed by atoms with Crippen LogP contribution in [0.5, 0.6) is 0 Å². The molecule has 1 amide bonds. The quantitative estimate of drug-likeness (QED) is 0.847. The summed E-state index contributed by atoms with van der Waals surface area (Å²) >= 11 is 11.7. The Morgan fingerprint density at radius 2 is 2.28 bits per heavy atom. The van der Waals surface area contributed by atoms with Crippen LogP contribution in [-0.4, -0.2) is 36.8 Å². The number of anilines is 1. The van der Waals surface area contributed by atoms with Crippen molar-refractivity contribution in [3.63, 3.8) is 0 Å². The lowest BCUT2D eigenvalue weighted by atomic mass is 10.2. The number of halogens is 2. The maximum absolute atomic E-state index is 11.9. The van der Waals surface area contributed by atoms with Gasteiger partial charge in [-0.05, 0) is 18.6 Å². The Labute approximate surface area is 114 Å². The van der Waals surface area contributed by atoms with E-state index in [2.05, 4.69) is 10.3 Å². The first-order valence-corrected chi connectivity index (χ1v) is 6.16. The van der Waals surface area contributed by atoms with Crippen molar-refractivity contribution in [3.8, 4) is 0 Å². The van der Waals surface area contributed by atoms with E-state index in [9.17, 15) is 4.79 Å². The van der Waals surface area contributed by atoms with E-state index in [1.165, 1.54) is 0 Å². The molecule has 0 bridgehead atoms. The van der Waals surface area contributed by atoms with Crippen LogP contribution in [0, 0.1) is 6.92 Å². The third-order valence-corrected chi connectivity index (χ3v) is 2.96. The number of ether oxygens (including phenoxy) is 2. The number of amides is 1. The minimum absolute atomic E-state index is 0.157. The smallest absolute Gasteiger partial charge is 0.256 e. The molecular weight excluding hydrogens is 279 g/mol. The predicted molar refractivity (Wildman–Crippen MR) is 68.2 cm³/mol. The largest absolute Gasteiger partial charge is 0.376 e. The number of rotatable bonds is 2. The highest BCUT2D eigenvalue weighted by Crippen LogP contribution is 2.26. The molecule has 0 aliphatic carbocycles. The number of hydrogen-bond donors (Lipinski definition) is 1. The Kier molecular flexibility index (Phi) is 4.40. The van der Waals surface area contributed by atoms with Gasteiger partial charge in [-0.25, -0.2) is 4.98 Å². The molecule has 0 saturated carbocycles. The maximum atomic E-state index is 11.9. The van der Waals surface area contributed by atoms with Gasteiger partial charge in [0, 0.05) is 0 Å². The second-order valence-electron chi connectivity index (χ2n) is 3.85. The van der Waals surface area contributed by atoms with E-state index >= 15 is 0 Å². The summed E-state index contributed by atoms with van der Waals surface area (Å²) in [7, 11) is 0. The van der Waals surface area contributed by atoms with Crippen LogP contribution in [0.1, 0.15) is 5.56 Å². The van der Waals surface area contributed by atoms with Gasteiger partial charge < -0.3 is 14.8 Å². The molecule has 1 aromatic heterocycles. The standard InChI is InChI=1S/C11H12Cl2N2O3/c1-6-4-8(12)14-10(13)9(6)15-11(16)7-5-17-2-3-18-7/h4,7H,2-3,5H2,1H3,(H,15,16). The van der Waals surface area contributed by atoms with Gasteiger partial charge in [-0.2, -0.15) is 0 Å². The lowest BCUT2D eigenvalue weighted by Crippen LogP contribution is -2.39. The van der Waals surface area contributed by atoms with E-state index in [0.717, 1.165) is 5.56 Å². The van der Waals surface area contributed by atoms with Gasteiger partial charge in [0.15, 0.2) is 11.3 Å². The molecule has 7 heteroatoms. The van der Waals surface area contributed by atoms with Crippen LogP contribution >= 0.6 is 23.2 Å². The Bertz CT molecular complexity index is 439. The van der Waals surface area contributed by atoms with Crippen molar-refractivity contribution in [2.75, 3.05) is 25.1 Å². The molecule has 1 N–H and O–H groups in total. The fraction of sp³-hybridized carbons (Fsp3) is 0.455. The van der Waals surface area contributed by atoms with Gasteiger partial charge in [-0.1, -0.05) is 23.2 Å². The number of carbonyl (C=O) groups is 1. The number of nitrogens with zero attached hydrogens (tertiary/aromatic N) is 1. The maximum Gasteiger partial charge on any atom is 0.256 e. The fourth-order valence-corrected chi connectivity index (χ4v) is 2.17. The van der Waals surface area contributed by atoms with Crippen molar-refractivity contribution >= 4 is 34.8 Å². The zero-order valence-electron chi connectivity index (χ0n) is 9.70. The Balaban J connectivity index is 2.11. The molecule has 0 spiro atoms. The van der Waals surface area contributed by atoms with Gasteiger partial charge in [0.2, 0.25) is 0 Å². The summed E-state index contributed by atoms with van der Waals surface area (Å²) in [5, 5.41) is 3.12. The predicted octanol–water partition coefficient (Wildman–Crippen LogP) is 2.05. The molecule has 0 radical (unpaired) electrons. The van der Waals surface area contributed by atoms with Crippen LogP contribution in [0.25, 0.3) is 0 Å². The molecular formula is C11H12Cl2N2O3.